The van der Waals surface area contributed by atoms with Gasteiger partial charge in [-0.3, -0.25) is 10.1 Å². The van der Waals surface area contributed by atoms with Crippen LogP contribution in [0.1, 0.15) is 19.5 Å². The highest BCUT2D eigenvalue weighted by molar-refractivity contribution is 5.68. The Balaban J connectivity index is 1.99. The zero-order valence-corrected chi connectivity index (χ0v) is 14.8. The zero-order chi connectivity index (χ0) is 18.8. The highest BCUT2D eigenvalue weighted by Gasteiger charge is 2.28. The molecule has 3 rings (SSSR count). The minimum Gasteiger partial charge on any atom is -0.372 e. The largest absolute Gasteiger partial charge is 0.372 e. The second kappa shape index (κ2) is 7.20. The predicted octanol–water partition coefficient (Wildman–Crippen LogP) is 3.19. The number of benzene rings is 1. The molecule has 8 nitrogen and oxygen atoms in total. The normalized spacial score (nSPS) is 20.1. The fourth-order valence-corrected chi connectivity index (χ4v) is 3.01. The van der Waals surface area contributed by atoms with Crippen molar-refractivity contribution in [3.63, 3.8) is 0 Å². The molecule has 1 fully saturated rings. The predicted molar refractivity (Wildman–Crippen MR) is 95.3 cm³/mol. The van der Waals surface area contributed by atoms with Crippen LogP contribution in [0.5, 0.6) is 0 Å². The van der Waals surface area contributed by atoms with Crippen LogP contribution in [-0.2, 0) is 4.74 Å². The summed E-state index contributed by atoms with van der Waals surface area (Å²) in [6.07, 6.45) is 0.0118. The van der Waals surface area contributed by atoms with E-state index in [0.717, 1.165) is 0 Å². The lowest BCUT2D eigenvalue weighted by molar-refractivity contribution is -0.385. The van der Waals surface area contributed by atoms with Crippen molar-refractivity contribution >= 4 is 23.1 Å². The third kappa shape index (κ3) is 3.88. The minimum absolute atomic E-state index is 0.00589. The summed E-state index contributed by atoms with van der Waals surface area (Å²) in [5.74, 6) is 0.0940. The average molecular weight is 361 g/mol. The van der Waals surface area contributed by atoms with Crippen molar-refractivity contribution in [1.82, 2.24) is 9.97 Å². The van der Waals surface area contributed by atoms with Crippen LogP contribution in [0.4, 0.5) is 27.5 Å². The maximum Gasteiger partial charge on any atom is 0.332 e. The van der Waals surface area contributed by atoms with Crippen LogP contribution in [0.3, 0.4) is 0 Å². The average Bonchev–Trinajstić information content (AvgIpc) is 2.55. The van der Waals surface area contributed by atoms with Gasteiger partial charge in [-0.15, -0.1) is 0 Å². The highest BCUT2D eigenvalue weighted by atomic mass is 19.1. The summed E-state index contributed by atoms with van der Waals surface area (Å²) >= 11 is 0. The van der Waals surface area contributed by atoms with Crippen LogP contribution in [0, 0.1) is 22.9 Å². The molecule has 1 aliphatic rings. The van der Waals surface area contributed by atoms with E-state index in [-0.39, 0.29) is 35.2 Å². The van der Waals surface area contributed by atoms with Gasteiger partial charge in [-0.2, -0.15) is 4.98 Å². The van der Waals surface area contributed by atoms with Gasteiger partial charge in [0.2, 0.25) is 11.8 Å². The molecule has 2 unspecified atom stereocenters. The molecule has 1 saturated heterocycles. The van der Waals surface area contributed by atoms with E-state index in [2.05, 4.69) is 15.3 Å². The summed E-state index contributed by atoms with van der Waals surface area (Å²) in [4.78, 5) is 21.6. The molecule has 26 heavy (non-hydrogen) atoms. The Bertz CT molecular complexity index is 805. The van der Waals surface area contributed by atoms with Crippen LogP contribution in [0.2, 0.25) is 0 Å². The maximum absolute atomic E-state index is 13.1. The van der Waals surface area contributed by atoms with Gasteiger partial charge < -0.3 is 15.0 Å². The quantitative estimate of drug-likeness (QED) is 0.660. The topological polar surface area (TPSA) is 93.4 Å². The first-order chi connectivity index (χ1) is 12.3. The standard InChI is InChI=1S/C17H20FN5O3/c1-10-8-22(9-11(2)26-10)17-19-12(3)15(23(24)25)16(21-17)20-14-6-4-13(18)5-7-14/h4-7,10-11H,8-9H2,1-3H3,(H,19,20,21). The Morgan fingerprint density at radius 2 is 1.85 bits per heavy atom. The number of nitro groups is 1. The SMILES string of the molecule is Cc1nc(N2CC(C)OC(C)C2)nc(Nc2ccc(F)cc2)c1[N+](=O)[O-]. The van der Waals surface area contributed by atoms with Crippen molar-refractivity contribution in [3.8, 4) is 0 Å². The summed E-state index contributed by atoms with van der Waals surface area (Å²) in [7, 11) is 0. The lowest BCUT2D eigenvalue weighted by Crippen LogP contribution is -2.46. The first-order valence-electron chi connectivity index (χ1n) is 8.29. The highest BCUT2D eigenvalue weighted by Crippen LogP contribution is 2.31. The van der Waals surface area contributed by atoms with Crippen LogP contribution >= 0.6 is 0 Å². The van der Waals surface area contributed by atoms with Gasteiger partial charge in [0.25, 0.3) is 0 Å². The molecule has 1 N–H and O–H groups in total. The summed E-state index contributed by atoms with van der Waals surface area (Å²) in [6.45, 7) is 6.68. The number of ether oxygens (including phenoxy) is 1. The Labute approximate surface area is 150 Å². The molecule has 0 bridgehead atoms. The Kier molecular flexibility index (Phi) is 4.99. The van der Waals surface area contributed by atoms with Crippen molar-refractivity contribution in [3.05, 3.63) is 45.9 Å². The van der Waals surface area contributed by atoms with Crippen molar-refractivity contribution in [2.24, 2.45) is 0 Å². The number of hydrogen-bond donors (Lipinski definition) is 1. The van der Waals surface area contributed by atoms with Crippen molar-refractivity contribution in [2.75, 3.05) is 23.3 Å². The Hall–Kier alpha value is -2.81. The van der Waals surface area contributed by atoms with Gasteiger partial charge in [-0.25, -0.2) is 9.37 Å². The lowest BCUT2D eigenvalue weighted by Gasteiger charge is -2.35. The van der Waals surface area contributed by atoms with E-state index >= 15 is 0 Å². The molecule has 0 radical (unpaired) electrons. The Morgan fingerprint density at radius 3 is 2.42 bits per heavy atom. The molecule has 2 atom stereocenters. The van der Waals surface area contributed by atoms with Crippen molar-refractivity contribution in [1.29, 1.82) is 0 Å². The molecular formula is C17H20FN5O3. The van der Waals surface area contributed by atoms with E-state index in [1.54, 1.807) is 6.92 Å². The third-order valence-electron chi connectivity index (χ3n) is 4.04. The molecule has 0 amide bonds. The monoisotopic (exact) mass is 361 g/mol. The molecule has 2 heterocycles. The van der Waals surface area contributed by atoms with E-state index < -0.39 is 4.92 Å². The van der Waals surface area contributed by atoms with Crippen molar-refractivity contribution in [2.45, 2.75) is 33.0 Å². The second-order valence-electron chi connectivity index (χ2n) is 6.36. The molecular weight excluding hydrogens is 341 g/mol. The molecule has 1 aromatic carbocycles. The minimum atomic E-state index is -0.518. The first kappa shape index (κ1) is 18.0. The number of hydrogen-bond acceptors (Lipinski definition) is 7. The van der Waals surface area contributed by atoms with Gasteiger partial charge in [-0.1, -0.05) is 0 Å². The summed E-state index contributed by atoms with van der Waals surface area (Å²) < 4.78 is 18.8. The molecule has 0 saturated carbocycles. The molecule has 2 aromatic rings. The van der Waals surface area contributed by atoms with E-state index in [1.165, 1.54) is 24.3 Å². The number of nitrogens with zero attached hydrogens (tertiary/aromatic N) is 4. The van der Waals surface area contributed by atoms with E-state index in [1.807, 2.05) is 18.7 Å². The smallest absolute Gasteiger partial charge is 0.332 e. The number of morpholine rings is 1. The van der Waals surface area contributed by atoms with Crippen LogP contribution in [0.25, 0.3) is 0 Å². The fraction of sp³-hybridized carbons (Fsp3) is 0.412. The fourth-order valence-electron chi connectivity index (χ4n) is 3.01. The Morgan fingerprint density at radius 1 is 1.23 bits per heavy atom. The zero-order valence-electron chi connectivity index (χ0n) is 14.8. The van der Waals surface area contributed by atoms with Crippen LogP contribution in [0.15, 0.2) is 24.3 Å². The van der Waals surface area contributed by atoms with Crippen molar-refractivity contribution < 1.29 is 14.1 Å². The number of anilines is 3. The van der Waals surface area contributed by atoms with E-state index in [4.69, 9.17) is 4.74 Å². The summed E-state index contributed by atoms with van der Waals surface area (Å²) in [5.41, 5.74) is 0.561. The van der Waals surface area contributed by atoms with E-state index in [9.17, 15) is 14.5 Å². The third-order valence-corrected chi connectivity index (χ3v) is 4.04. The van der Waals surface area contributed by atoms with Gasteiger partial charge in [0, 0.05) is 18.8 Å². The van der Waals surface area contributed by atoms with E-state index in [0.29, 0.717) is 24.7 Å². The number of aryl methyl sites for hydroxylation is 1. The number of aromatic nitrogens is 2. The molecule has 138 valence electrons. The van der Waals surface area contributed by atoms with Crippen LogP contribution < -0.4 is 10.2 Å². The second-order valence-corrected chi connectivity index (χ2v) is 6.36. The molecule has 0 aliphatic carbocycles. The number of nitrogens with one attached hydrogen (secondary N) is 1. The lowest BCUT2D eigenvalue weighted by atomic mass is 10.2. The van der Waals surface area contributed by atoms with Gasteiger partial charge >= 0.3 is 5.69 Å². The summed E-state index contributed by atoms with van der Waals surface area (Å²) in [5, 5.41) is 14.4. The molecule has 1 aliphatic heterocycles. The molecule has 9 heteroatoms. The molecule has 1 aromatic heterocycles. The van der Waals surface area contributed by atoms with Gasteiger partial charge in [-0.05, 0) is 45.0 Å². The number of rotatable bonds is 4. The van der Waals surface area contributed by atoms with Gasteiger partial charge in [0.05, 0.1) is 17.1 Å². The maximum atomic E-state index is 13.1. The van der Waals surface area contributed by atoms with Gasteiger partial charge in [0.15, 0.2) is 0 Å². The summed E-state index contributed by atoms with van der Waals surface area (Å²) in [6, 6.07) is 5.53. The molecule has 0 spiro atoms. The first-order valence-corrected chi connectivity index (χ1v) is 8.29. The number of halogens is 1. The van der Waals surface area contributed by atoms with Gasteiger partial charge in [0.1, 0.15) is 11.5 Å². The van der Waals surface area contributed by atoms with Crippen LogP contribution in [-0.4, -0.2) is 40.2 Å².